The van der Waals surface area contributed by atoms with Gasteiger partial charge in [0.2, 0.25) is 0 Å². The van der Waals surface area contributed by atoms with Crippen molar-refractivity contribution in [3.8, 4) is 5.75 Å². The van der Waals surface area contributed by atoms with Gasteiger partial charge in [-0.3, -0.25) is 4.40 Å². The number of nitrogens with zero attached hydrogens (tertiary/aromatic N) is 2. The molecule has 0 aliphatic carbocycles. The summed E-state index contributed by atoms with van der Waals surface area (Å²) in [5.41, 5.74) is 0.631. The molecule has 14 heavy (non-hydrogen) atoms. The Morgan fingerprint density at radius 1 is 1.64 bits per heavy atom. The van der Waals surface area contributed by atoms with Crippen LogP contribution in [0.3, 0.4) is 0 Å². The number of aromatic hydroxyl groups is 1. The van der Waals surface area contributed by atoms with Crippen LogP contribution in [-0.4, -0.2) is 27.6 Å². The number of methoxy groups -OCH3 is 1. The Labute approximate surface area is 79.6 Å². The maximum atomic E-state index is 11.2. The molecule has 0 unspecified atom stereocenters. The van der Waals surface area contributed by atoms with E-state index in [9.17, 15) is 9.90 Å². The van der Waals surface area contributed by atoms with Crippen LogP contribution < -0.4 is 0 Å². The topological polar surface area (TPSA) is 63.8 Å². The molecule has 2 rings (SSSR count). The lowest BCUT2D eigenvalue weighted by molar-refractivity contribution is 0.0593. The highest BCUT2D eigenvalue weighted by Crippen LogP contribution is 2.17. The van der Waals surface area contributed by atoms with Crippen LogP contribution >= 0.6 is 0 Å². The summed E-state index contributed by atoms with van der Waals surface area (Å²) in [6.45, 7) is 0. The largest absolute Gasteiger partial charge is 0.504 e. The molecule has 72 valence electrons. The molecule has 0 aliphatic heterocycles. The van der Waals surface area contributed by atoms with Gasteiger partial charge in [-0.2, -0.15) is 0 Å². The van der Waals surface area contributed by atoms with E-state index in [0.717, 1.165) is 0 Å². The Kier molecular flexibility index (Phi) is 1.85. The van der Waals surface area contributed by atoms with Gasteiger partial charge in [0.1, 0.15) is 0 Å². The van der Waals surface area contributed by atoms with Crippen LogP contribution in [0.25, 0.3) is 5.65 Å². The zero-order valence-electron chi connectivity index (χ0n) is 7.47. The maximum Gasteiger partial charge on any atom is 0.356 e. The summed E-state index contributed by atoms with van der Waals surface area (Å²) < 4.78 is 6.03. The van der Waals surface area contributed by atoms with Gasteiger partial charge >= 0.3 is 5.97 Å². The summed E-state index contributed by atoms with van der Waals surface area (Å²) in [4.78, 5) is 15.1. The van der Waals surface area contributed by atoms with Crippen LogP contribution in [0, 0.1) is 0 Å². The molecule has 0 spiro atoms. The molecule has 0 bridgehead atoms. The van der Waals surface area contributed by atoms with E-state index in [1.807, 2.05) is 0 Å². The summed E-state index contributed by atoms with van der Waals surface area (Å²) in [7, 11) is 1.30. The van der Waals surface area contributed by atoms with Gasteiger partial charge in [-0.25, -0.2) is 9.78 Å². The zero-order valence-corrected chi connectivity index (χ0v) is 7.47. The number of fused-ring (bicyclic) bond motifs is 1. The predicted octanol–water partition coefficient (Wildman–Crippen LogP) is 0.826. The molecule has 0 saturated heterocycles. The van der Waals surface area contributed by atoms with E-state index in [1.54, 1.807) is 12.3 Å². The summed E-state index contributed by atoms with van der Waals surface area (Å²) in [5, 5.41) is 9.40. The van der Waals surface area contributed by atoms with Crippen molar-refractivity contribution in [3.05, 3.63) is 30.2 Å². The van der Waals surface area contributed by atoms with Gasteiger partial charge in [-0.05, 0) is 12.1 Å². The number of imidazole rings is 1. The van der Waals surface area contributed by atoms with E-state index < -0.39 is 5.97 Å². The lowest BCUT2D eigenvalue weighted by Crippen LogP contribution is -2.04. The van der Waals surface area contributed by atoms with E-state index in [4.69, 9.17) is 0 Å². The molecule has 2 heterocycles. The third-order valence-corrected chi connectivity index (χ3v) is 1.91. The quantitative estimate of drug-likeness (QED) is 0.679. The molecule has 0 fully saturated rings. The van der Waals surface area contributed by atoms with Gasteiger partial charge < -0.3 is 9.84 Å². The highest BCUT2D eigenvalue weighted by Gasteiger charge is 2.13. The van der Waals surface area contributed by atoms with Crippen LogP contribution in [0.1, 0.15) is 10.5 Å². The van der Waals surface area contributed by atoms with Crippen LogP contribution in [0.15, 0.2) is 24.5 Å². The first-order valence-corrected chi connectivity index (χ1v) is 3.97. The van der Waals surface area contributed by atoms with E-state index in [-0.39, 0.29) is 5.75 Å². The first kappa shape index (κ1) is 8.55. The van der Waals surface area contributed by atoms with Gasteiger partial charge in [0, 0.05) is 6.20 Å². The molecule has 0 aliphatic rings. The first-order chi connectivity index (χ1) is 6.74. The number of rotatable bonds is 1. The number of ether oxygens (including phenoxy) is 1. The van der Waals surface area contributed by atoms with Crippen molar-refractivity contribution in [2.75, 3.05) is 7.11 Å². The van der Waals surface area contributed by atoms with Crippen molar-refractivity contribution in [1.82, 2.24) is 9.38 Å². The van der Waals surface area contributed by atoms with Crippen LogP contribution in [-0.2, 0) is 4.74 Å². The fourth-order valence-corrected chi connectivity index (χ4v) is 1.25. The summed E-state index contributed by atoms with van der Waals surface area (Å²) in [5.74, 6) is -0.453. The first-order valence-electron chi connectivity index (χ1n) is 3.97. The molecule has 5 heteroatoms. The van der Waals surface area contributed by atoms with Crippen molar-refractivity contribution in [3.63, 3.8) is 0 Å². The zero-order chi connectivity index (χ0) is 10.1. The summed E-state index contributed by atoms with van der Waals surface area (Å²) in [6.07, 6.45) is 3.00. The number of hydrogen-bond acceptors (Lipinski definition) is 4. The van der Waals surface area contributed by atoms with Gasteiger partial charge in [-0.1, -0.05) is 0 Å². The van der Waals surface area contributed by atoms with Crippen LogP contribution in [0.5, 0.6) is 5.75 Å². The third-order valence-electron chi connectivity index (χ3n) is 1.91. The maximum absolute atomic E-state index is 11.2. The van der Waals surface area contributed by atoms with Gasteiger partial charge in [0.25, 0.3) is 0 Å². The fraction of sp³-hybridized carbons (Fsp3) is 0.111. The number of carbonyl (C=O) groups excluding carboxylic acids is 1. The number of esters is 1. The number of carbonyl (C=O) groups is 1. The Hall–Kier alpha value is -2.04. The molecule has 0 aromatic carbocycles. The van der Waals surface area contributed by atoms with E-state index in [1.165, 1.54) is 23.8 Å². The van der Waals surface area contributed by atoms with Crippen molar-refractivity contribution < 1.29 is 14.6 Å². The van der Waals surface area contributed by atoms with Gasteiger partial charge in [-0.15, -0.1) is 0 Å². The molecule has 0 amide bonds. The highest BCUT2D eigenvalue weighted by molar-refractivity contribution is 5.88. The molecule has 1 N–H and O–H groups in total. The SMILES string of the molecule is COC(=O)c1cnc2c(O)cccn12. The molecule has 0 radical (unpaired) electrons. The highest BCUT2D eigenvalue weighted by atomic mass is 16.5. The predicted molar refractivity (Wildman–Crippen MR) is 48.2 cm³/mol. The monoisotopic (exact) mass is 192 g/mol. The second-order valence-corrected chi connectivity index (χ2v) is 2.72. The summed E-state index contributed by atoms with van der Waals surface area (Å²) in [6, 6.07) is 3.12. The molecule has 5 nitrogen and oxygen atoms in total. The van der Waals surface area contributed by atoms with Crippen LogP contribution in [0.4, 0.5) is 0 Å². The number of pyridine rings is 1. The molecule has 0 saturated carbocycles. The Bertz CT molecular complexity index is 490. The van der Waals surface area contributed by atoms with Gasteiger partial charge in [0.05, 0.1) is 13.3 Å². The molecule has 2 aromatic rings. The molecule has 2 aromatic heterocycles. The average Bonchev–Trinajstić information content (AvgIpc) is 2.62. The number of aromatic nitrogens is 2. The van der Waals surface area contributed by atoms with Crippen molar-refractivity contribution in [2.45, 2.75) is 0 Å². The normalized spacial score (nSPS) is 10.4. The minimum absolute atomic E-state index is 0.0302. The molecular formula is C9H8N2O3. The second-order valence-electron chi connectivity index (χ2n) is 2.72. The van der Waals surface area contributed by atoms with Crippen molar-refractivity contribution in [1.29, 1.82) is 0 Å². The summed E-state index contributed by atoms with van der Waals surface area (Å²) >= 11 is 0. The molecule has 0 atom stereocenters. The standard InChI is InChI=1S/C9H8N2O3/c1-14-9(13)6-5-10-8-7(12)3-2-4-11(6)8/h2-5,12H,1H3. The Morgan fingerprint density at radius 2 is 2.43 bits per heavy atom. The minimum atomic E-state index is -0.483. The van der Waals surface area contributed by atoms with E-state index in [2.05, 4.69) is 9.72 Å². The number of hydrogen-bond donors (Lipinski definition) is 1. The van der Waals surface area contributed by atoms with E-state index >= 15 is 0 Å². The lowest BCUT2D eigenvalue weighted by atomic mass is 10.4. The second kappa shape index (κ2) is 3.02. The third kappa shape index (κ3) is 1.10. The van der Waals surface area contributed by atoms with Crippen molar-refractivity contribution >= 4 is 11.6 Å². The van der Waals surface area contributed by atoms with Crippen molar-refractivity contribution in [2.24, 2.45) is 0 Å². The van der Waals surface area contributed by atoms with Crippen LogP contribution in [0.2, 0.25) is 0 Å². The minimum Gasteiger partial charge on any atom is -0.504 e. The average molecular weight is 192 g/mol. The van der Waals surface area contributed by atoms with E-state index in [0.29, 0.717) is 11.3 Å². The lowest BCUT2D eigenvalue weighted by Gasteiger charge is -1.99. The van der Waals surface area contributed by atoms with Gasteiger partial charge in [0.15, 0.2) is 17.1 Å². The Morgan fingerprint density at radius 3 is 3.14 bits per heavy atom. The Balaban J connectivity index is 2.70. The fourth-order valence-electron chi connectivity index (χ4n) is 1.25. The molecular weight excluding hydrogens is 184 g/mol. The smallest absolute Gasteiger partial charge is 0.356 e.